The molecule has 0 saturated carbocycles. The van der Waals surface area contributed by atoms with Crippen molar-refractivity contribution in [2.75, 3.05) is 32.9 Å². The quantitative estimate of drug-likeness (QED) is 0.346. The summed E-state index contributed by atoms with van der Waals surface area (Å²) in [5, 5.41) is 29.3. The van der Waals surface area contributed by atoms with E-state index in [4.69, 9.17) is 14.9 Å². The molecule has 0 aliphatic rings. The molecule has 0 heterocycles. The van der Waals surface area contributed by atoms with Gasteiger partial charge in [-0.15, -0.1) is 0 Å². The number of aliphatic hydroxyl groups is 2. The summed E-state index contributed by atoms with van der Waals surface area (Å²) in [4.78, 5) is 12.6. The van der Waals surface area contributed by atoms with Crippen LogP contribution in [0.25, 0.3) is 0 Å². The summed E-state index contributed by atoms with van der Waals surface area (Å²) in [6, 6.07) is 4.90. The summed E-state index contributed by atoms with van der Waals surface area (Å²) in [6.45, 7) is 3.74. The molecule has 0 aliphatic heterocycles. The summed E-state index contributed by atoms with van der Waals surface area (Å²) < 4.78 is 5.52. The third-order valence-corrected chi connectivity index (χ3v) is 3.46. The van der Waals surface area contributed by atoms with Crippen molar-refractivity contribution in [2.45, 2.75) is 32.7 Å². The van der Waals surface area contributed by atoms with Gasteiger partial charge in [-0.25, -0.2) is 0 Å². The highest BCUT2D eigenvalue weighted by atomic mass is 16.6. The second kappa shape index (κ2) is 10.9. The van der Waals surface area contributed by atoms with Crippen LogP contribution in [-0.2, 0) is 6.54 Å². The Morgan fingerprint density at radius 3 is 2.48 bits per heavy atom. The average molecular weight is 326 g/mol. The van der Waals surface area contributed by atoms with Gasteiger partial charge in [0.2, 0.25) is 0 Å². The fourth-order valence-corrected chi connectivity index (χ4v) is 2.27. The molecule has 23 heavy (non-hydrogen) atoms. The number of ether oxygens (including phenoxy) is 1. The Bertz CT molecular complexity index is 476. The zero-order chi connectivity index (χ0) is 17.1. The third kappa shape index (κ3) is 6.94. The predicted octanol–water partition coefficient (Wildman–Crippen LogP) is 1.95. The van der Waals surface area contributed by atoms with Crippen LogP contribution in [0.5, 0.6) is 5.75 Å². The molecule has 130 valence electrons. The van der Waals surface area contributed by atoms with E-state index >= 15 is 0 Å². The number of hydrogen-bond acceptors (Lipinski definition) is 6. The van der Waals surface area contributed by atoms with Crippen LogP contribution in [0.1, 0.15) is 31.7 Å². The Morgan fingerprint density at radius 1 is 1.22 bits per heavy atom. The molecule has 0 fully saturated rings. The summed E-state index contributed by atoms with van der Waals surface area (Å²) in [5.41, 5.74) is 0.700. The maximum absolute atomic E-state index is 11.2. The number of unbranched alkanes of at least 4 members (excludes halogenated alkanes) is 2. The molecule has 7 nitrogen and oxygen atoms in total. The lowest BCUT2D eigenvalue weighted by molar-refractivity contribution is -0.385. The van der Waals surface area contributed by atoms with Gasteiger partial charge in [-0.2, -0.15) is 0 Å². The van der Waals surface area contributed by atoms with Crippen LogP contribution in [0, 0.1) is 10.1 Å². The number of benzene rings is 1. The molecule has 0 aromatic heterocycles. The van der Waals surface area contributed by atoms with Gasteiger partial charge in [0, 0.05) is 25.7 Å². The summed E-state index contributed by atoms with van der Waals surface area (Å²) in [7, 11) is 0. The molecule has 0 aliphatic carbocycles. The van der Waals surface area contributed by atoms with Gasteiger partial charge < -0.3 is 14.9 Å². The van der Waals surface area contributed by atoms with E-state index in [1.807, 2.05) is 4.90 Å². The maximum Gasteiger partial charge on any atom is 0.311 e. The van der Waals surface area contributed by atoms with Gasteiger partial charge in [0.25, 0.3) is 0 Å². The lowest BCUT2D eigenvalue weighted by Gasteiger charge is -2.20. The number of aliphatic hydroxyl groups excluding tert-OH is 2. The fourth-order valence-electron chi connectivity index (χ4n) is 2.27. The molecule has 7 heteroatoms. The van der Waals surface area contributed by atoms with Gasteiger partial charge in [0.15, 0.2) is 5.75 Å². The molecule has 0 saturated heterocycles. The highest BCUT2D eigenvalue weighted by molar-refractivity contribution is 5.48. The molecule has 1 aromatic carbocycles. The first-order valence-corrected chi connectivity index (χ1v) is 7.96. The fraction of sp³-hybridized carbons (Fsp3) is 0.625. The molecule has 1 rings (SSSR count). The van der Waals surface area contributed by atoms with E-state index in [0.29, 0.717) is 26.2 Å². The Morgan fingerprint density at radius 2 is 1.91 bits per heavy atom. The van der Waals surface area contributed by atoms with Crippen LogP contribution in [0.2, 0.25) is 0 Å². The van der Waals surface area contributed by atoms with Gasteiger partial charge in [-0.1, -0.05) is 25.8 Å². The minimum absolute atomic E-state index is 0.0271. The van der Waals surface area contributed by atoms with Crippen molar-refractivity contribution < 1.29 is 19.9 Å². The molecule has 2 N–H and O–H groups in total. The first-order chi connectivity index (χ1) is 11.1. The molecular weight excluding hydrogens is 300 g/mol. The monoisotopic (exact) mass is 326 g/mol. The number of nitro groups is 1. The number of hydrogen-bond donors (Lipinski definition) is 2. The predicted molar refractivity (Wildman–Crippen MR) is 87.6 cm³/mol. The lowest BCUT2D eigenvalue weighted by atomic mass is 10.1. The van der Waals surface area contributed by atoms with Crippen LogP contribution in [0.4, 0.5) is 5.69 Å². The second-order valence-electron chi connectivity index (χ2n) is 5.34. The molecule has 0 atom stereocenters. The maximum atomic E-state index is 11.2. The molecule has 0 radical (unpaired) electrons. The van der Waals surface area contributed by atoms with E-state index in [-0.39, 0.29) is 24.7 Å². The van der Waals surface area contributed by atoms with Gasteiger partial charge in [-0.05, 0) is 18.1 Å². The molecule has 1 aromatic rings. The number of rotatable bonds is 12. The van der Waals surface area contributed by atoms with Gasteiger partial charge in [-0.3, -0.25) is 15.0 Å². The lowest BCUT2D eigenvalue weighted by Crippen LogP contribution is -2.29. The van der Waals surface area contributed by atoms with Crippen molar-refractivity contribution in [2.24, 2.45) is 0 Å². The van der Waals surface area contributed by atoms with Crippen LogP contribution in [-0.4, -0.2) is 52.9 Å². The zero-order valence-electron chi connectivity index (χ0n) is 13.6. The van der Waals surface area contributed by atoms with E-state index in [0.717, 1.165) is 24.8 Å². The van der Waals surface area contributed by atoms with Crippen molar-refractivity contribution >= 4 is 5.69 Å². The second-order valence-corrected chi connectivity index (χ2v) is 5.34. The highest BCUT2D eigenvalue weighted by Crippen LogP contribution is 2.28. The van der Waals surface area contributed by atoms with Crippen molar-refractivity contribution in [1.82, 2.24) is 4.90 Å². The average Bonchev–Trinajstić information content (AvgIpc) is 2.53. The van der Waals surface area contributed by atoms with Crippen LogP contribution in [0.3, 0.4) is 0 Å². The Balaban J connectivity index is 2.79. The Hall–Kier alpha value is -1.70. The topological polar surface area (TPSA) is 96.1 Å². The SMILES string of the molecule is CCCCCOc1ccc(CN(CCO)CCO)cc1[N+](=O)[O-]. The van der Waals surface area contributed by atoms with Gasteiger partial charge in [0.1, 0.15) is 0 Å². The smallest absolute Gasteiger partial charge is 0.311 e. The van der Waals surface area contributed by atoms with E-state index in [1.54, 1.807) is 12.1 Å². The molecule has 0 amide bonds. The number of nitrogens with zero attached hydrogens (tertiary/aromatic N) is 2. The van der Waals surface area contributed by atoms with E-state index in [1.165, 1.54) is 6.07 Å². The third-order valence-electron chi connectivity index (χ3n) is 3.46. The van der Waals surface area contributed by atoms with E-state index < -0.39 is 4.92 Å². The van der Waals surface area contributed by atoms with Crippen molar-refractivity contribution in [1.29, 1.82) is 0 Å². The Kier molecular flexibility index (Phi) is 9.20. The first kappa shape index (κ1) is 19.3. The van der Waals surface area contributed by atoms with Crippen molar-refractivity contribution in [3.63, 3.8) is 0 Å². The molecule has 0 bridgehead atoms. The van der Waals surface area contributed by atoms with Gasteiger partial charge in [0.05, 0.1) is 24.7 Å². The molecule has 0 spiro atoms. The minimum atomic E-state index is -0.443. The van der Waals surface area contributed by atoms with Crippen LogP contribution >= 0.6 is 0 Å². The van der Waals surface area contributed by atoms with E-state index in [2.05, 4.69) is 6.92 Å². The van der Waals surface area contributed by atoms with Crippen LogP contribution in [0.15, 0.2) is 18.2 Å². The standard InChI is InChI=1S/C16H26N2O5/c1-2-3-4-11-23-16-6-5-14(12-15(16)18(21)22)13-17(7-9-19)8-10-20/h5-6,12,19-20H,2-4,7-11,13H2,1H3. The summed E-state index contributed by atoms with van der Waals surface area (Å²) >= 11 is 0. The van der Waals surface area contributed by atoms with Crippen molar-refractivity contribution in [3.8, 4) is 5.75 Å². The zero-order valence-corrected chi connectivity index (χ0v) is 13.6. The van der Waals surface area contributed by atoms with Crippen LogP contribution < -0.4 is 4.74 Å². The van der Waals surface area contributed by atoms with Crippen molar-refractivity contribution in [3.05, 3.63) is 33.9 Å². The summed E-state index contributed by atoms with van der Waals surface area (Å²) in [6.07, 6.45) is 2.97. The Labute approximate surface area is 136 Å². The first-order valence-electron chi connectivity index (χ1n) is 7.96. The summed E-state index contributed by atoms with van der Waals surface area (Å²) in [5.74, 6) is 0.283. The normalized spacial score (nSPS) is 11.0. The molecular formula is C16H26N2O5. The largest absolute Gasteiger partial charge is 0.487 e. The van der Waals surface area contributed by atoms with Gasteiger partial charge >= 0.3 is 5.69 Å². The van der Waals surface area contributed by atoms with E-state index in [9.17, 15) is 10.1 Å². The highest BCUT2D eigenvalue weighted by Gasteiger charge is 2.17. The number of nitro benzene ring substituents is 1. The molecule has 0 unspecified atom stereocenters. The minimum Gasteiger partial charge on any atom is -0.487 e.